The van der Waals surface area contributed by atoms with Crippen LogP contribution in [-0.2, 0) is 23.8 Å². The monoisotopic (exact) mass is 242 g/mol. The standard InChI is InChI=1S/C12H18O5/c1-15-11(14)9-6-7-4-5-8(9)10(13)12(7,16-2)17-3/h7-9H,4-6H2,1-3H3/t7-,8+,9?/m1/s1. The van der Waals surface area contributed by atoms with E-state index >= 15 is 0 Å². The van der Waals surface area contributed by atoms with Crippen LogP contribution in [0.3, 0.4) is 0 Å². The van der Waals surface area contributed by atoms with Crippen LogP contribution in [0.15, 0.2) is 0 Å². The Hall–Kier alpha value is -0.940. The normalized spacial score (nSPS) is 34.8. The highest BCUT2D eigenvalue weighted by atomic mass is 16.7. The fraction of sp³-hybridized carbons (Fsp3) is 0.833. The highest BCUT2D eigenvalue weighted by molar-refractivity contribution is 5.94. The van der Waals surface area contributed by atoms with E-state index in [-0.39, 0.29) is 29.5 Å². The molecule has 96 valence electrons. The van der Waals surface area contributed by atoms with E-state index in [1.165, 1.54) is 21.3 Å². The number of Topliss-reactive ketones (excluding diaryl/α,β-unsaturated/α-hetero) is 1. The van der Waals surface area contributed by atoms with Gasteiger partial charge in [-0.25, -0.2) is 0 Å². The average Bonchev–Trinajstić information content (AvgIpc) is 2.39. The average molecular weight is 242 g/mol. The number of ether oxygens (including phenoxy) is 3. The number of carbonyl (C=O) groups is 2. The van der Waals surface area contributed by atoms with Gasteiger partial charge < -0.3 is 14.2 Å². The number of ketones is 1. The number of carbonyl (C=O) groups excluding carboxylic acids is 2. The number of methoxy groups -OCH3 is 3. The number of hydrogen-bond donors (Lipinski definition) is 0. The molecule has 0 aromatic rings. The minimum Gasteiger partial charge on any atom is -0.469 e. The number of esters is 1. The minimum atomic E-state index is -1.15. The smallest absolute Gasteiger partial charge is 0.309 e. The molecule has 17 heavy (non-hydrogen) atoms. The maximum Gasteiger partial charge on any atom is 0.309 e. The Morgan fingerprint density at radius 2 is 1.88 bits per heavy atom. The molecule has 3 aliphatic rings. The van der Waals surface area contributed by atoms with Crippen LogP contribution >= 0.6 is 0 Å². The molecule has 3 fully saturated rings. The molecular weight excluding hydrogens is 224 g/mol. The Kier molecular flexibility index (Phi) is 3.23. The van der Waals surface area contributed by atoms with Crippen LogP contribution < -0.4 is 0 Å². The summed E-state index contributed by atoms with van der Waals surface area (Å²) in [6, 6.07) is 0. The molecule has 5 heteroatoms. The molecule has 0 aliphatic heterocycles. The molecular formula is C12H18O5. The zero-order chi connectivity index (χ0) is 12.6. The van der Waals surface area contributed by atoms with Gasteiger partial charge in [0, 0.05) is 26.1 Å². The van der Waals surface area contributed by atoms with Gasteiger partial charge in [0.05, 0.1) is 13.0 Å². The number of hydrogen-bond acceptors (Lipinski definition) is 5. The zero-order valence-electron chi connectivity index (χ0n) is 10.4. The topological polar surface area (TPSA) is 61.8 Å². The minimum absolute atomic E-state index is 0.0564. The van der Waals surface area contributed by atoms with Crippen molar-refractivity contribution in [2.24, 2.45) is 17.8 Å². The van der Waals surface area contributed by atoms with Crippen molar-refractivity contribution in [2.75, 3.05) is 21.3 Å². The maximum absolute atomic E-state index is 12.3. The zero-order valence-corrected chi connectivity index (χ0v) is 10.4. The first-order valence-corrected chi connectivity index (χ1v) is 5.83. The van der Waals surface area contributed by atoms with Gasteiger partial charge in [-0.05, 0) is 19.3 Å². The van der Waals surface area contributed by atoms with Crippen LogP contribution in [0.2, 0.25) is 0 Å². The van der Waals surface area contributed by atoms with Crippen LogP contribution in [0.1, 0.15) is 19.3 Å². The highest BCUT2D eigenvalue weighted by Gasteiger charge is 2.60. The van der Waals surface area contributed by atoms with Gasteiger partial charge in [-0.3, -0.25) is 9.59 Å². The van der Waals surface area contributed by atoms with Crippen molar-refractivity contribution in [3.8, 4) is 0 Å². The quantitative estimate of drug-likeness (QED) is 0.540. The molecule has 1 unspecified atom stereocenters. The number of rotatable bonds is 3. The van der Waals surface area contributed by atoms with Gasteiger partial charge in [-0.2, -0.15) is 0 Å². The van der Waals surface area contributed by atoms with Crippen LogP contribution in [0, 0.1) is 17.8 Å². The summed E-state index contributed by atoms with van der Waals surface area (Å²) in [5.74, 6) is -2.27. The van der Waals surface area contributed by atoms with E-state index in [1.54, 1.807) is 0 Å². The van der Waals surface area contributed by atoms with Crippen LogP contribution in [0.25, 0.3) is 0 Å². The van der Waals surface area contributed by atoms with Gasteiger partial charge in [0.1, 0.15) is 0 Å². The Morgan fingerprint density at radius 3 is 2.35 bits per heavy atom. The van der Waals surface area contributed by atoms with Crippen molar-refractivity contribution >= 4 is 11.8 Å². The van der Waals surface area contributed by atoms with E-state index in [2.05, 4.69) is 0 Å². The molecule has 0 heterocycles. The lowest BCUT2D eigenvalue weighted by Crippen LogP contribution is -2.62. The van der Waals surface area contributed by atoms with E-state index in [9.17, 15) is 9.59 Å². The van der Waals surface area contributed by atoms with E-state index in [1.807, 2.05) is 0 Å². The predicted molar refractivity (Wildman–Crippen MR) is 58.1 cm³/mol. The fourth-order valence-electron chi connectivity index (χ4n) is 3.32. The second kappa shape index (κ2) is 4.38. The summed E-state index contributed by atoms with van der Waals surface area (Å²) in [6.07, 6.45) is 2.17. The molecule has 0 radical (unpaired) electrons. The van der Waals surface area contributed by atoms with Crippen molar-refractivity contribution in [3.05, 3.63) is 0 Å². The Balaban J connectivity index is 2.29. The Bertz CT molecular complexity index is 334. The molecule has 0 amide bonds. The van der Waals surface area contributed by atoms with Gasteiger partial charge in [-0.1, -0.05) is 0 Å². The first-order chi connectivity index (χ1) is 8.10. The lowest BCUT2D eigenvalue weighted by molar-refractivity contribution is -0.258. The van der Waals surface area contributed by atoms with Crippen LogP contribution in [0.5, 0.6) is 0 Å². The third-order valence-corrected chi connectivity index (χ3v) is 4.18. The molecule has 2 bridgehead atoms. The maximum atomic E-state index is 12.3. The lowest BCUT2D eigenvalue weighted by atomic mass is 9.60. The van der Waals surface area contributed by atoms with Crippen molar-refractivity contribution in [1.82, 2.24) is 0 Å². The van der Waals surface area contributed by atoms with Gasteiger partial charge in [0.15, 0.2) is 5.78 Å². The molecule has 0 aromatic heterocycles. The van der Waals surface area contributed by atoms with Crippen molar-refractivity contribution in [2.45, 2.75) is 25.0 Å². The van der Waals surface area contributed by atoms with Crippen molar-refractivity contribution in [1.29, 1.82) is 0 Å². The highest BCUT2D eigenvalue weighted by Crippen LogP contribution is 2.50. The molecule has 0 aromatic carbocycles. The van der Waals surface area contributed by atoms with Crippen molar-refractivity contribution in [3.63, 3.8) is 0 Å². The second-order valence-electron chi connectivity index (χ2n) is 4.69. The van der Waals surface area contributed by atoms with E-state index in [0.717, 1.165) is 12.8 Å². The lowest BCUT2D eigenvalue weighted by Gasteiger charge is -2.50. The molecule has 0 spiro atoms. The molecule has 0 saturated heterocycles. The van der Waals surface area contributed by atoms with Crippen LogP contribution in [-0.4, -0.2) is 38.9 Å². The van der Waals surface area contributed by atoms with Gasteiger partial charge in [-0.15, -0.1) is 0 Å². The molecule has 0 N–H and O–H groups in total. The fourth-order valence-corrected chi connectivity index (χ4v) is 3.32. The summed E-state index contributed by atoms with van der Waals surface area (Å²) in [5, 5.41) is 0. The third-order valence-electron chi connectivity index (χ3n) is 4.18. The molecule has 3 atom stereocenters. The summed E-state index contributed by atoms with van der Waals surface area (Å²) in [4.78, 5) is 24.0. The first kappa shape index (κ1) is 12.5. The Labute approximate surface area is 100 Å². The Morgan fingerprint density at radius 1 is 1.24 bits per heavy atom. The SMILES string of the molecule is COC(=O)C1C[C@H]2CC[C@@H]1C(=O)C2(OC)OC. The van der Waals surface area contributed by atoms with E-state index < -0.39 is 5.79 Å². The summed E-state index contributed by atoms with van der Waals surface area (Å²) in [5.41, 5.74) is 0. The van der Waals surface area contributed by atoms with Crippen LogP contribution in [0.4, 0.5) is 0 Å². The van der Waals surface area contributed by atoms with E-state index in [4.69, 9.17) is 14.2 Å². The summed E-state index contributed by atoms with van der Waals surface area (Å²) < 4.78 is 15.4. The molecule has 3 aliphatic carbocycles. The summed E-state index contributed by atoms with van der Waals surface area (Å²) in [6.45, 7) is 0. The second-order valence-corrected chi connectivity index (χ2v) is 4.69. The molecule has 3 saturated carbocycles. The summed E-state index contributed by atoms with van der Waals surface area (Å²) >= 11 is 0. The summed E-state index contributed by atoms with van der Waals surface area (Å²) in [7, 11) is 4.32. The molecule has 5 nitrogen and oxygen atoms in total. The van der Waals surface area contributed by atoms with Gasteiger partial charge >= 0.3 is 5.97 Å². The van der Waals surface area contributed by atoms with Gasteiger partial charge in [0.25, 0.3) is 0 Å². The molecule has 3 rings (SSSR count). The first-order valence-electron chi connectivity index (χ1n) is 5.83. The van der Waals surface area contributed by atoms with Gasteiger partial charge in [0.2, 0.25) is 5.79 Å². The van der Waals surface area contributed by atoms with E-state index in [0.29, 0.717) is 6.42 Å². The van der Waals surface area contributed by atoms with Crippen molar-refractivity contribution < 1.29 is 23.8 Å². The number of fused-ring (bicyclic) bond motifs is 3. The largest absolute Gasteiger partial charge is 0.469 e. The third kappa shape index (κ3) is 1.60. The predicted octanol–water partition coefficient (Wildman–Crippen LogP) is 0.764.